The summed E-state index contributed by atoms with van der Waals surface area (Å²) < 4.78 is 134. The average Bonchev–Trinajstić information content (AvgIpc) is 2.33. The molecule has 0 aromatic rings. The minimum atomic E-state index is -6.19. The van der Waals surface area contributed by atoms with E-state index in [-0.39, 0.29) is 0 Å². The summed E-state index contributed by atoms with van der Waals surface area (Å²) in [5.41, 5.74) is -3.33. The third kappa shape index (κ3) is 2.96. The first-order valence-corrected chi connectivity index (χ1v) is 5.38. The van der Waals surface area contributed by atoms with Crippen LogP contribution in [0.15, 0.2) is 10.5 Å². The van der Waals surface area contributed by atoms with Crippen LogP contribution in [-0.2, 0) is 14.3 Å². The van der Waals surface area contributed by atoms with Gasteiger partial charge in [0.25, 0.3) is 0 Å². The summed E-state index contributed by atoms with van der Waals surface area (Å²) in [4.78, 5) is -3.38. The second-order valence-corrected chi connectivity index (χ2v) is 4.72. The van der Waals surface area contributed by atoms with Gasteiger partial charge in [0.15, 0.2) is 4.91 Å². The second kappa shape index (κ2) is 4.01. The summed E-state index contributed by atoms with van der Waals surface area (Å²) in [6, 6.07) is 0. The van der Waals surface area contributed by atoms with Crippen molar-refractivity contribution in [3.05, 3.63) is 10.5 Å². The van der Waals surface area contributed by atoms with Crippen molar-refractivity contribution in [2.45, 2.75) is 24.6 Å². The fourth-order valence-corrected chi connectivity index (χ4v) is 2.60. The van der Waals surface area contributed by atoms with Gasteiger partial charge in [-0.3, -0.25) is 0 Å². The SMILES string of the molecule is O=S1(=O)OC(C(F)(F)F)C(C(F)(F)F)=C1C(F)(F)F. The molecule has 0 aromatic carbocycles. The van der Waals surface area contributed by atoms with Crippen LogP contribution in [0.2, 0.25) is 0 Å². The molecule has 1 heterocycles. The van der Waals surface area contributed by atoms with Gasteiger partial charge in [-0.25, -0.2) is 4.18 Å². The first-order valence-electron chi connectivity index (χ1n) is 3.97. The molecule has 3 nitrogen and oxygen atoms in total. The molecule has 0 amide bonds. The maximum absolute atomic E-state index is 12.3. The second-order valence-electron chi connectivity index (χ2n) is 3.21. The predicted molar refractivity (Wildman–Crippen MR) is 39.0 cm³/mol. The summed E-state index contributed by atoms with van der Waals surface area (Å²) in [5, 5.41) is 0. The van der Waals surface area contributed by atoms with Gasteiger partial charge < -0.3 is 0 Å². The van der Waals surface area contributed by atoms with E-state index >= 15 is 0 Å². The molecule has 0 bridgehead atoms. The molecule has 13 heteroatoms. The van der Waals surface area contributed by atoms with Gasteiger partial charge in [-0.05, 0) is 0 Å². The quantitative estimate of drug-likeness (QED) is 0.508. The van der Waals surface area contributed by atoms with Crippen molar-refractivity contribution >= 4 is 10.1 Å². The number of rotatable bonds is 0. The van der Waals surface area contributed by atoms with E-state index in [2.05, 4.69) is 4.18 Å². The molecule has 1 unspecified atom stereocenters. The van der Waals surface area contributed by atoms with Gasteiger partial charge in [0.05, 0.1) is 5.57 Å². The predicted octanol–water partition coefficient (Wildman–Crippen LogP) is 2.66. The Morgan fingerprint density at radius 3 is 1.53 bits per heavy atom. The average molecular weight is 324 g/mol. The van der Waals surface area contributed by atoms with Crippen molar-refractivity contribution in [1.29, 1.82) is 0 Å². The molecule has 0 N–H and O–H groups in total. The minimum Gasteiger partial charge on any atom is -0.248 e. The van der Waals surface area contributed by atoms with E-state index in [1.165, 1.54) is 0 Å². The maximum Gasteiger partial charge on any atom is 0.429 e. The first kappa shape index (κ1) is 16.1. The highest BCUT2D eigenvalue weighted by molar-refractivity contribution is 7.91. The summed E-state index contributed by atoms with van der Waals surface area (Å²) in [7, 11) is -6.19. The van der Waals surface area contributed by atoms with Crippen molar-refractivity contribution in [3.63, 3.8) is 0 Å². The van der Waals surface area contributed by atoms with E-state index in [4.69, 9.17) is 0 Å². The Labute approximate surface area is 98.3 Å². The Hall–Kier alpha value is -0.980. The fraction of sp³-hybridized carbons (Fsp3) is 0.667. The number of hydrogen-bond donors (Lipinski definition) is 0. The molecule has 0 radical (unpaired) electrons. The van der Waals surface area contributed by atoms with Gasteiger partial charge in [0, 0.05) is 0 Å². The lowest BCUT2D eigenvalue weighted by Crippen LogP contribution is -2.36. The van der Waals surface area contributed by atoms with E-state index < -0.39 is 45.2 Å². The minimum absolute atomic E-state index is 2.92. The highest BCUT2D eigenvalue weighted by Gasteiger charge is 2.66. The van der Waals surface area contributed by atoms with Crippen LogP contribution < -0.4 is 0 Å². The molecule has 0 aromatic heterocycles. The molecule has 0 fully saturated rings. The first-order chi connectivity index (χ1) is 8.08. The zero-order valence-electron chi connectivity index (χ0n) is 8.11. The van der Waals surface area contributed by atoms with Gasteiger partial charge in [0.1, 0.15) is 0 Å². The molecule has 0 saturated carbocycles. The Balaban J connectivity index is 3.69. The fourth-order valence-electron chi connectivity index (χ4n) is 1.27. The maximum atomic E-state index is 12.3. The summed E-state index contributed by atoms with van der Waals surface area (Å²) in [6.07, 6.45) is -22.5. The number of alkyl halides is 9. The molecule has 1 rings (SSSR count). The third-order valence-electron chi connectivity index (χ3n) is 1.84. The van der Waals surface area contributed by atoms with Crippen LogP contribution in [0.25, 0.3) is 0 Å². The highest BCUT2D eigenvalue weighted by Crippen LogP contribution is 2.50. The van der Waals surface area contributed by atoms with Crippen molar-refractivity contribution in [3.8, 4) is 0 Å². The molecule has 1 atom stereocenters. The lowest BCUT2D eigenvalue weighted by atomic mass is 10.1. The zero-order chi connectivity index (χ0) is 15.4. The van der Waals surface area contributed by atoms with Gasteiger partial charge in [0.2, 0.25) is 6.10 Å². The number of halogens is 9. The molecule has 0 aliphatic carbocycles. The van der Waals surface area contributed by atoms with Crippen LogP contribution in [0.1, 0.15) is 0 Å². The molecule has 1 aliphatic heterocycles. The third-order valence-corrected chi connectivity index (χ3v) is 3.24. The molecule has 1 aliphatic rings. The van der Waals surface area contributed by atoms with E-state index in [1.54, 1.807) is 0 Å². The van der Waals surface area contributed by atoms with Crippen LogP contribution >= 0.6 is 0 Å². The van der Waals surface area contributed by atoms with E-state index in [0.717, 1.165) is 0 Å². The molecular formula is C6HF9O3S. The number of allylic oxidation sites excluding steroid dienone is 1. The van der Waals surface area contributed by atoms with Crippen LogP contribution in [0.5, 0.6) is 0 Å². The van der Waals surface area contributed by atoms with Gasteiger partial charge in [-0.1, -0.05) is 0 Å². The van der Waals surface area contributed by atoms with E-state index in [1.807, 2.05) is 0 Å². The van der Waals surface area contributed by atoms with Gasteiger partial charge >= 0.3 is 28.6 Å². The monoisotopic (exact) mass is 324 g/mol. The Bertz CT molecular complexity index is 506. The molecule has 0 spiro atoms. The molecule has 0 saturated heterocycles. The van der Waals surface area contributed by atoms with E-state index in [9.17, 15) is 47.9 Å². The molecule has 112 valence electrons. The van der Waals surface area contributed by atoms with Crippen LogP contribution in [0.4, 0.5) is 39.5 Å². The van der Waals surface area contributed by atoms with E-state index in [0.29, 0.717) is 0 Å². The standard InChI is InChI=1S/C6HF9O3S/c7-4(8,9)1-2(5(10,11)12)18-19(16,17)3(1)6(13,14)15/h2H. The summed E-state index contributed by atoms with van der Waals surface area (Å²) >= 11 is 0. The van der Waals surface area contributed by atoms with Crippen molar-refractivity contribution in [2.24, 2.45) is 0 Å². The highest BCUT2D eigenvalue weighted by atomic mass is 32.2. The Morgan fingerprint density at radius 1 is 0.842 bits per heavy atom. The van der Waals surface area contributed by atoms with Gasteiger partial charge in [-0.15, -0.1) is 0 Å². The topological polar surface area (TPSA) is 43.4 Å². The normalized spacial score (nSPS) is 25.0. The van der Waals surface area contributed by atoms with Crippen molar-refractivity contribution in [1.82, 2.24) is 0 Å². The molecule has 19 heavy (non-hydrogen) atoms. The summed E-state index contributed by atoms with van der Waals surface area (Å²) in [5.74, 6) is 0. The lowest BCUT2D eigenvalue weighted by Gasteiger charge is -2.18. The number of hydrogen-bond acceptors (Lipinski definition) is 3. The van der Waals surface area contributed by atoms with Crippen molar-refractivity contribution < 1.29 is 52.1 Å². The van der Waals surface area contributed by atoms with Crippen molar-refractivity contribution in [2.75, 3.05) is 0 Å². The lowest BCUT2D eigenvalue weighted by molar-refractivity contribution is -0.200. The van der Waals surface area contributed by atoms with Crippen LogP contribution in [0, 0.1) is 0 Å². The van der Waals surface area contributed by atoms with Crippen LogP contribution in [0.3, 0.4) is 0 Å². The van der Waals surface area contributed by atoms with Crippen LogP contribution in [-0.4, -0.2) is 33.1 Å². The molecular weight excluding hydrogens is 323 g/mol. The summed E-state index contributed by atoms with van der Waals surface area (Å²) in [6.45, 7) is 0. The Kier molecular flexibility index (Phi) is 3.39. The zero-order valence-corrected chi connectivity index (χ0v) is 8.93. The Morgan fingerprint density at radius 2 is 1.26 bits per heavy atom. The smallest absolute Gasteiger partial charge is 0.248 e. The largest absolute Gasteiger partial charge is 0.429 e. The van der Waals surface area contributed by atoms with Gasteiger partial charge in [-0.2, -0.15) is 47.9 Å².